The normalized spacial score (nSPS) is 18.1. The first-order valence-corrected chi connectivity index (χ1v) is 7.06. The van der Waals surface area contributed by atoms with E-state index in [0.717, 1.165) is 17.8 Å². The van der Waals surface area contributed by atoms with Crippen LogP contribution in [0.2, 0.25) is 0 Å². The number of benzene rings is 1. The Kier molecular flexibility index (Phi) is 3.02. The number of aromatic amines is 1. The molecule has 1 fully saturated rings. The van der Waals surface area contributed by atoms with Gasteiger partial charge in [-0.25, -0.2) is 0 Å². The van der Waals surface area contributed by atoms with Gasteiger partial charge in [-0.2, -0.15) is 0 Å². The Bertz CT molecular complexity index is 594. The number of rotatable bonds is 3. The molecule has 0 atom stereocenters. The van der Waals surface area contributed by atoms with E-state index in [-0.39, 0.29) is 5.41 Å². The summed E-state index contributed by atoms with van der Waals surface area (Å²) >= 11 is 0. The average Bonchev–Trinajstić information content (AvgIpc) is 3.04. The van der Waals surface area contributed by atoms with Crippen LogP contribution in [0.25, 0.3) is 10.9 Å². The van der Waals surface area contributed by atoms with E-state index in [1.54, 1.807) is 7.11 Å². The molecule has 3 rings (SSSR count). The minimum absolute atomic E-state index is 0.164. The van der Waals surface area contributed by atoms with Crippen LogP contribution in [0.4, 0.5) is 0 Å². The van der Waals surface area contributed by atoms with Crippen molar-refractivity contribution in [1.29, 1.82) is 0 Å². The minimum Gasteiger partial charge on any atom is -0.495 e. The van der Waals surface area contributed by atoms with Gasteiger partial charge in [-0.3, -0.25) is 0 Å². The third kappa shape index (κ3) is 1.84. The van der Waals surface area contributed by atoms with Crippen molar-refractivity contribution in [2.24, 2.45) is 5.73 Å². The Morgan fingerprint density at radius 2 is 2.05 bits per heavy atom. The van der Waals surface area contributed by atoms with Crippen molar-refractivity contribution in [3.05, 3.63) is 29.5 Å². The predicted molar refractivity (Wildman–Crippen MR) is 78.8 cm³/mol. The number of hydrogen-bond acceptors (Lipinski definition) is 2. The van der Waals surface area contributed by atoms with Crippen LogP contribution in [-0.4, -0.2) is 18.6 Å². The first-order chi connectivity index (χ1) is 9.20. The van der Waals surface area contributed by atoms with Gasteiger partial charge in [0.1, 0.15) is 5.75 Å². The van der Waals surface area contributed by atoms with Crippen molar-refractivity contribution in [2.45, 2.75) is 38.0 Å². The fraction of sp³-hybridized carbons (Fsp3) is 0.500. The first kappa shape index (κ1) is 12.5. The second kappa shape index (κ2) is 4.57. The highest BCUT2D eigenvalue weighted by atomic mass is 16.5. The van der Waals surface area contributed by atoms with Gasteiger partial charge in [-0.15, -0.1) is 0 Å². The van der Waals surface area contributed by atoms with Gasteiger partial charge in [0.2, 0.25) is 0 Å². The van der Waals surface area contributed by atoms with Crippen LogP contribution >= 0.6 is 0 Å². The number of H-pyrrole nitrogens is 1. The number of aromatic nitrogens is 1. The van der Waals surface area contributed by atoms with E-state index in [1.807, 2.05) is 0 Å². The summed E-state index contributed by atoms with van der Waals surface area (Å²) in [5.41, 5.74) is 9.99. The van der Waals surface area contributed by atoms with E-state index in [2.05, 4.69) is 30.2 Å². The number of fused-ring (bicyclic) bond motifs is 1. The fourth-order valence-electron chi connectivity index (χ4n) is 3.57. The molecule has 19 heavy (non-hydrogen) atoms. The Labute approximate surface area is 114 Å². The molecule has 3 nitrogen and oxygen atoms in total. The fourth-order valence-corrected chi connectivity index (χ4v) is 3.57. The molecular weight excluding hydrogens is 236 g/mol. The van der Waals surface area contributed by atoms with Crippen molar-refractivity contribution >= 4 is 10.9 Å². The predicted octanol–water partition coefficient (Wildman–Crippen LogP) is 3.26. The first-order valence-electron chi connectivity index (χ1n) is 7.06. The smallest absolute Gasteiger partial charge is 0.143 e. The van der Waals surface area contributed by atoms with Crippen molar-refractivity contribution in [3.8, 4) is 5.75 Å². The standard InChI is InChI=1S/C16H22N2O/c1-11-7-12-13(16(10-17)5-3-4-6-16)9-18-15(12)14(8-11)19-2/h7-9,18H,3-6,10,17H2,1-2H3. The second-order valence-corrected chi connectivity index (χ2v) is 5.78. The number of aryl methyl sites for hydroxylation is 1. The number of ether oxygens (including phenoxy) is 1. The van der Waals surface area contributed by atoms with E-state index in [4.69, 9.17) is 10.5 Å². The zero-order valence-electron chi connectivity index (χ0n) is 11.8. The number of methoxy groups -OCH3 is 1. The molecule has 0 aliphatic heterocycles. The Morgan fingerprint density at radius 1 is 1.32 bits per heavy atom. The van der Waals surface area contributed by atoms with Gasteiger partial charge in [0, 0.05) is 23.5 Å². The Balaban J connectivity index is 2.22. The largest absolute Gasteiger partial charge is 0.495 e. The van der Waals surface area contributed by atoms with Crippen LogP contribution in [0.1, 0.15) is 36.8 Å². The van der Waals surface area contributed by atoms with Crippen LogP contribution in [0.15, 0.2) is 18.3 Å². The summed E-state index contributed by atoms with van der Waals surface area (Å²) in [5.74, 6) is 0.923. The maximum absolute atomic E-state index is 6.11. The van der Waals surface area contributed by atoms with Gasteiger partial charge in [-0.05, 0) is 43.0 Å². The molecule has 0 bridgehead atoms. The molecule has 2 aromatic rings. The Hall–Kier alpha value is -1.48. The summed E-state index contributed by atoms with van der Waals surface area (Å²) in [7, 11) is 1.73. The van der Waals surface area contributed by atoms with E-state index in [1.165, 1.54) is 42.2 Å². The highest BCUT2D eigenvalue weighted by molar-refractivity contribution is 5.90. The van der Waals surface area contributed by atoms with Gasteiger partial charge in [0.25, 0.3) is 0 Å². The number of hydrogen-bond donors (Lipinski definition) is 2. The van der Waals surface area contributed by atoms with Crippen molar-refractivity contribution in [1.82, 2.24) is 4.98 Å². The molecule has 102 valence electrons. The molecule has 1 aliphatic rings. The van der Waals surface area contributed by atoms with Gasteiger partial charge in [0.05, 0.1) is 12.6 Å². The van der Waals surface area contributed by atoms with Gasteiger partial charge in [0.15, 0.2) is 0 Å². The number of nitrogens with two attached hydrogens (primary N) is 1. The van der Waals surface area contributed by atoms with Crippen molar-refractivity contribution in [3.63, 3.8) is 0 Å². The molecule has 0 radical (unpaired) electrons. The summed E-state index contributed by atoms with van der Waals surface area (Å²) in [4.78, 5) is 3.39. The molecule has 3 heteroatoms. The Morgan fingerprint density at radius 3 is 2.68 bits per heavy atom. The topological polar surface area (TPSA) is 51.0 Å². The van der Waals surface area contributed by atoms with E-state index in [9.17, 15) is 0 Å². The molecule has 0 amide bonds. The lowest BCUT2D eigenvalue weighted by atomic mass is 9.79. The molecule has 1 aliphatic carbocycles. The zero-order valence-corrected chi connectivity index (χ0v) is 11.8. The molecule has 0 spiro atoms. The molecule has 3 N–H and O–H groups in total. The summed E-state index contributed by atoms with van der Waals surface area (Å²) < 4.78 is 5.49. The highest BCUT2D eigenvalue weighted by Crippen LogP contribution is 2.44. The van der Waals surface area contributed by atoms with Crippen molar-refractivity contribution < 1.29 is 4.74 Å². The molecule has 1 aromatic carbocycles. The zero-order chi connectivity index (χ0) is 13.5. The van der Waals surface area contributed by atoms with Crippen LogP contribution in [0, 0.1) is 6.92 Å². The van der Waals surface area contributed by atoms with E-state index >= 15 is 0 Å². The van der Waals surface area contributed by atoms with Crippen molar-refractivity contribution in [2.75, 3.05) is 13.7 Å². The summed E-state index contributed by atoms with van der Waals surface area (Å²) in [5, 5.41) is 1.28. The molecule has 1 saturated carbocycles. The lowest BCUT2D eigenvalue weighted by Gasteiger charge is -2.27. The molecular formula is C16H22N2O. The summed E-state index contributed by atoms with van der Waals surface area (Å²) in [6.07, 6.45) is 7.11. The minimum atomic E-state index is 0.164. The third-order valence-electron chi connectivity index (χ3n) is 4.64. The monoisotopic (exact) mass is 258 g/mol. The van der Waals surface area contributed by atoms with E-state index in [0.29, 0.717) is 0 Å². The summed E-state index contributed by atoms with van der Waals surface area (Å²) in [6.45, 7) is 2.85. The second-order valence-electron chi connectivity index (χ2n) is 5.78. The highest BCUT2D eigenvalue weighted by Gasteiger charge is 2.36. The molecule has 1 heterocycles. The van der Waals surface area contributed by atoms with Crippen LogP contribution in [0.5, 0.6) is 5.75 Å². The van der Waals surface area contributed by atoms with Gasteiger partial charge >= 0.3 is 0 Å². The van der Waals surface area contributed by atoms with Crippen LogP contribution in [-0.2, 0) is 5.41 Å². The maximum atomic E-state index is 6.11. The lowest BCUT2D eigenvalue weighted by molar-refractivity contribution is 0.418. The SMILES string of the molecule is COc1cc(C)cc2c(C3(CN)CCCC3)c[nH]c12. The summed E-state index contributed by atoms with van der Waals surface area (Å²) in [6, 6.07) is 4.33. The van der Waals surface area contributed by atoms with Crippen LogP contribution in [0.3, 0.4) is 0 Å². The van der Waals surface area contributed by atoms with E-state index < -0.39 is 0 Å². The lowest BCUT2D eigenvalue weighted by Crippen LogP contribution is -2.31. The molecule has 1 aromatic heterocycles. The maximum Gasteiger partial charge on any atom is 0.143 e. The van der Waals surface area contributed by atoms with Crippen LogP contribution < -0.4 is 10.5 Å². The number of nitrogens with one attached hydrogen (secondary N) is 1. The van der Waals surface area contributed by atoms with Gasteiger partial charge < -0.3 is 15.5 Å². The van der Waals surface area contributed by atoms with Gasteiger partial charge in [-0.1, -0.05) is 12.8 Å². The third-order valence-corrected chi connectivity index (χ3v) is 4.64. The molecule has 0 unspecified atom stereocenters. The molecule has 0 saturated heterocycles. The quantitative estimate of drug-likeness (QED) is 0.888. The average molecular weight is 258 g/mol.